The van der Waals surface area contributed by atoms with Gasteiger partial charge in [-0.3, -0.25) is 9.97 Å². The topological polar surface area (TPSA) is 269 Å². The van der Waals surface area contributed by atoms with E-state index in [-0.39, 0.29) is 12.5 Å². The number of halogens is 4. The van der Waals surface area contributed by atoms with Crippen LogP contribution in [0.25, 0.3) is 33.2 Å². The van der Waals surface area contributed by atoms with Gasteiger partial charge in [0.2, 0.25) is 0 Å². The molecule has 16 rings (SSSR count). The highest BCUT2D eigenvalue weighted by molar-refractivity contribution is 9.11. The first-order chi connectivity index (χ1) is 48.5. The van der Waals surface area contributed by atoms with Crippen LogP contribution in [0.2, 0.25) is 0 Å². The number of thiophene rings is 1. The van der Waals surface area contributed by atoms with Crippen molar-refractivity contribution in [2.24, 2.45) is 5.92 Å². The van der Waals surface area contributed by atoms with Gasteiger partial charge in [0.25, 0.3) is 0 Å². The van der Waals surface area contributed by atoms with Crippen molar-refractivity contribution in [2.45, 2.75) is 134 Å². The van der Waals surface area contributed by atoms with Crippen molar-refractivity contribution in [2.75, 3.05) is 27.9 Å². The number of nitrogens with zero attached hydrogens (tertiary/aromatic N) is 16. The van der Waals surface area contributed by atoms with E-state index in [1.807, 2.05) is 86.0 Å². The van der Waals surface area contributed by atoms with E-state index in [1.165, 1.54) is 95.1 Å². The molecule has 510 valence electrons. The maximum Gasteiger partial charge on any atom is 0.185 e. The molecule has 28 heteroatoms. The Morgan fingerprint density at radius 3 is 1.28 bits per heavy atom. The van der Waals surface area contributed by atoms with Gasteiger partial charge in [0.05, 0.1) is 58.9 Å². The van der Waals surface area contributed by atoms with Gasteiger partial charge in [0, 0.05) is 134 Å². The highest BCUT2D eigenvalue weighted by Gasteiger charge is 2.29. The second-order valence-electron chi connectivity index (χ2n) is 24.9. The van der Waals surface area contributed by atoms with Crippen molar-refractivity contribution in [1.29, 1.82) is 0 Å². The molecule has 0 unspecified atom stereocenters. The molecule has 2 atom stereocenters. The van der Waals surface area contributed by atoms with Crippen LogP contribution in [-0.2, 0) is 26.2 Å². The lowest BCUT2D eigenvalue weighted by atomic mass is 9.78. The number of fused-ring (bicyclic) bond motifs is 4. The van der Waals surface area contributed by atoms with E-state index in [0.717, 1.165) is 130 Å². The predicted octanol–water partition coefficient (Wildman–Crippen LogP) is 15.6. The average Bonchev–Trinajstić information content (AvgIpc) is 1.74. The van der Waals surface area contributed by atoms with Crippen molar-refractivity contribution in [3.63, 3.8) is 0 Å². The lowest BCUT2D eigenvalue weighted by Gasteiger charge is -2.30. The molecule has 0 radical (unpaired) electrons. The zero-order valence-electron chi connectivity index (χ0n) is 54.2. The zero-order valence-corrected chi connectivity index (χ0v) is 61.3. The van der Waals surface area contributed by atoms with Crippen LogP contribution in [-0.4, -0.2) is 80.1 Å². The molecule has 3 fully saturated rings. The van der Waals surface area contributed by atoms with Crippen molar-refractivity contribution >= 4 is 121 Å². The van der Waals surface area contributed by atoms with Crippen molar-refractivity contribution in [3.05, 3.63) is 232 Å². The Labute approximate surface area is 609 Å². The van der Waals surface area contributed by atoms with E-state index in [9.17, 15) is 15.5 Å². The Balaban J connectivity index is 0.000000119. The smallest absolute Gasteiger partial charge is 0.185 e. The minimum atomic E-state index is 0.219. The third-order valence-corrected chi connectivity index (χ3v) is 21.3. The first-order valence-corrected chi connectivity index (χ1v) is 37.4. The molecule has 0 amide bonds. The van der Waals surface area contributed by atoms with Gasteiger partial charge in [-0.2, -0.15) is 47.9 Å². The number of pyridine rings is 4. The minimum Gasteiger partial charge on any atom is -0.619 e. The molecule has 13 aromatic heterocycles. The molecule has 0 aromatic carbocycles. The number of rotatable bonds is 17. The highest BCUT2D eigenvalue weighted by Crippen LogP contribution is 2.40. The van der Waals surface area contributed by atoms with Crippen LogP contribution < -0.4 is 30.7 Å². The summed E-state index contributed by atoms with van der Waals surface area (Å²) in [6, 6.07) is 27.7. The average molecular weight is 1610 g/mol. The second kappa shape index (κ2) is 33.1. The lowest BCUT2D eigenvalue weighted by molar-refractivity contribution is -0.606. The molecule has 3 aliphatic carbocycles. The summed E-state index contributed by atoms with van der Waals surface area (Å²) in [5.74, 6) is 5.25. The molecule has 5 N–H and O–H groups in total. The molecule has 0 aliphatic heterocycles. The van der Waals surface area contributed by atoms with Gasteiger partial charge >= 0.3 is 0 Å². The number of anilines is 4. The monoisotopic (exact) mass is 1600 g/mol. The van der Waals surface area contributed by atoms with Crippen molar-refractivity contribution in [1.82, 2.24) is 68.4 Å². The molecular formula is C71H74Br4N20O3S. The third-order valence-electron chi connectivity index (χ3n) is 18.1. The molecule has 13 aromatic rings. The van der Waals surface area contributed by atoms with Crippen molar-refractivity contribution < 1.29 is 14.6 Å². The van der Waals surface area contributed by atoms with E-state index < -0.39 is 0 Å². The van der Waals surface area contributed by atoms with Crippen LogP contribution >= 0.6 is 75.1 Å². The summed E-state index contributed by atoms with van der Waals surface area (Å²) in [5.41, 5.74) is 11.6. The van der Waals surface area contributed by atoms with E-state index in [4.69, 9.17) is 15.0 Å². The van der Waals surface area contributed by atoms with Crippen molar-refractivity contribution in [3.8, 4) is 10.6 Å². The summed E-state index contributed by atoms with van der Waals surface area (Å²) in [5, 5.41) is 66.0. The molecule has 3 saturated carbocycles. The number of aromatic nitrogens is 16. The third kappa shape index (κ3) is 17.2. The molecule has 13 heterocycles. The van der Waals surface area contributed by atoms with E-state index >= 15 is 0 Å². The number of hydrogen-bond donors (Lipinski definition) is 5. The number of hydrogen-bond acceptors (Lipinski definition) is 18. The van der Waals surface area contributed by atoms with E-state index in [2.05, 4.69) is 145 Å². The maximum absolute atomic E-state index is 11.4. The lowest BCUT2D eigenvalue weighted by Crippen LogP contribution is -2.25. The van der Waals surface area contributed by atoms with E-state index in [1.54, 1.807) is 71.4 Å². The number of aliphatic hydroxyl groups is 1. The SMILES string of the molecule is Brc1cnn2c(NCc3cccnc3)cc(C3CCCCC3)nc12.OC[C@H]1CCCC[C@H]1c1cc(NCc2cccnc2)n2ncc(Br)c2n1.[O-][n+]1cccc(CNc2cc(-c3cccs3)nc3c(Br)cnn23)c1.[O-][n+]1cccc(CNc2cc(C3CCCCC3)nc3c(Br)cnn23)c1. The standard InChI is InChI=1S/C19H22BrN5O.C18H20BrN5O.C18H20BrN5.C16H12BrN5OS/c20-16-11-23-25-18(22-10-13-4-3-7-21-9-13)8-17(24-19(16)25)15-6-2-1-5-14(15)12-26;19-15-11-21-24-17(20-10-13-5-4-8-23(25)12-13)9-16(22-18(15)24)14-6-2-1-3-7-14;19-15-12-22-24-17(21-11-13-5-4-8-20-10-13)9-16(23-18(15)24)14-6-2-1-3-7-14;17-12-9-19-22-15(18-8-11-3-1-5-21(23)10-11)7-13(20-16(12)22)14-4-2-6-24-14/h3-4,7-9,11,14-15,22,26H,1-2,5-6,10,12H2;4-5,8-9,11-12,14,20H,1-3,6-7,10H2;4-5,8-10,12,14,21H,1-3,6-7,11H2;1-7,9-10,18H,8H2/t14-,15-;;;/m1.../s1. The first kappa shape index (κ1) is 69.0. The zero-order chi connectivity index (χ0) is 68.0. The van der Waals surface area contributed by atoms with Crippen LogP contribution in [0.15, 0.2) is 183 Å². The second-order valence-corrected chi connectivity index (χ2v) is 29.3. The molecule has 0 spiro atoms. The summed E-state index contributed by atoms with van der Waals surface area (Å²) < 4.78 is 12.4. The van der Waals surface area contributed by atoms with Crippen LogP contribution in [0, 0.1) is 16.3 Å². The van der Waals surface area contributed by atoms with Gasteiger partial charge < -0.3 is 36.8 Å². The Hall–Kier alpha value is -8.54. The Bertz CT molecular complexity index is 4800. The fourth-order valence-electron chi connectivity index (χ4n) is 13.1. The summed E-state index contributed by atoms with van der Waals surface area (Å²) in [6.45, 7) is 2.68. The van der Waals surface area contributed by atoms with Gasteiger partial charge in [0.15, 0.2) is 47.4 Å². The van der Waals surface area contributed by atoms with Gasteiger partial charge in [-0.1, -0.05) is 69.6 Å². The van der Waals surface area contributed by atoms with Crippen LogP contribution in [0.1, 0.15) is 147 Å². The molecule has 0 saturated heterocycles. The molecular weight excluding hydrogens is 1530 g/mol. The van der Waals surface area contributed by atoms with Crippen LogP contribution in [0.4, 0.5) is 23.3 Å². The summed E-state index contributed by atoms with van der Waals surface area (Å²) in [4.78, 5) is 28.7. The number of nitrogens with one attached hydrogen (secondary N) is 4. The van der Waals surface area contributed by atoms with Crippen LogP contribution in [0.5, 0.6) is 0 Å². The minimum absolute atomic E-state index is 0.219. The number of aliphatic hydroxyl groups excluding tert-OH is 1. The Morgan fingerprint density at radius 2 is 0.859 bits per heavy atom. The Kier molecular flexibility index (Phi) is 23.0. The Morgan fingerprint density at radius 1 is 0.455 bits per heavy atom. The normalized spacial score (nSPS) is 15.8. The summed E-state index contributed by atoms with van der Waals surface area (Å²) >= 11 is 15.8. The van der Waals surface area contributed by atoms with Gasteiger partial charge in [0.1, 0.15) is 23.3 Å². The first-order valence-electron chi connectivity index (χ1n) is 33.4. The molecule has 0 bridgehead atoms. The predicted molar refractivity (Wildman–Crippen MR) is 398 cm³/mol. The summed E-state index contributed by atoms with van der Waals surface area (Å²) in [6.07, 6.45) is 37.6. The van der Waals surface area contributed by atoms with Crippen LogP contribution in [0.3, 0.4) is 0 Å². The van der Waals surface area contributed by atoms with E-state index in [0.29, 0.717) is 43.9 Å². The molecule has 99 heavy (non-hydrogen) atoms. The van der Waals surface area contributed by atoms with Gasteiger partial charge in [-0.15, -0.1) is 11.3 Å². The van der Waals surface area contributed by atoms with Gasteiger partial charge in [-0.05, 0) is 155 Å². The molecule has 3 aliphatic rings. The molecule has 23 nitrogen and oxygen atoms in total. The quantitative estimate of drug-likeness (QED) is 0.0419. The maximum atomic E-state index is 11.4. The largest absolute Gasteiger partial charge is 0.619 e. The fourth-order valence-corrected chi connectivity index (χ4v) is 15.1. The summed E-state index contributed by atoms with van der Waals surface area (Å²) in [7, 11) is 0. The van der Waals surface area contributed by atoms with Gasteiger partial charge in [-0.25, -0.2) is 19.9 Å². The fraction of sp³-hybridized carbons (Fsp3) is 0.324. The highest BCUT2D eigenvalue weighted by atomic mass is 79.9.